The number of carbonyl (C=O) groups is 1. The largest absolute Gasteiger partial charge is 0.305 e. The zero-order chi connectivity index (χ0) is 8.31. The monoisotopic (exact) mass is 184 g/mol. The van der Waals surface area contributed by atoms with Gasteiger partial charge in [0.1, 0.15) is 5.25 Å². The van der Waals surface area contributed by atoms with Gasteiger partial charge >= 0.3 is 0 Å². The maximum Gasteiger partial charge on any atom is 0.239 e. The van der Waals surface area contributed by atoms with E-state index in [-0.39, 0.29) is 5.92 Å². The van der Waals surface area contributed by atoms with Crippen LogP contribution >= 0.6 is 11.6 Å². The van der Waals surface area contributed by atoms with E-state index in [1.807, 2.05) is 0 Å². The van der Waals surface area contributed by atoms with Crippen LogP contribution in [0, 0.1) is 5.92 Å². The Kier molecular flexibility index (Phi) is 4.08. The second kappa shape index (κ2) is 4.05. The summed E-state index contributed by atoms with van der Waals surface area (Å²) < 4.78 is 18.9. The van der Waals surface area contributed by atoms with Crippen molar-refractivity contribution in [3.63, 3.8) is 0 Å². The van der Waals surface area contributed by atoms with Crippen molar-refractivity contribution in [3.05, 3.63) is 0 Å². The second-order valence-electron chi connectivity index (χ2n) is 2.24. The lowest BCUT2D eigenvalue weighted by molar-refractivity contribution is -0.111. The molecular formula is C5H9ClO3S. The van der Waals surface area contributed by atoms with Crippen LogP contribution in [0.15, 0.2) is 0 Å². The van der Waals surface area contributed by atoms with Gasteiger partial charge in [-0.2, -0.15) is 0 Å². The lowest BCUT2D eigenvalue weighted by Crippen LogP contribution is -2.27. The fourth-order valence-electron chi connectivity index (χ4n) is 0.574. The van der Waals surface area contributed by atoms with E-state index in [1.54, 1.807) is 13.8 Å². The highest BCUT2D eigenvalue weighted by Crippen LogP contribution is 2.10. The minimum atomic E-state index is -2.15. The summed E-state index contributed by atoms with van der Waals surface area (Å²) in [4.78, 5) is 10.4. The van der Waals surface area contributed by atoms with E-state index in [2.05, 4.69) is 0 Å². The van der Waals surface area contributed by atoms with Crippen molar-refractivity contribution in [1.29, 1.82) is 0 Å². The molecule has 0 saturated heterocycles. The normalized spacial score (nSPS) is 16.9. The Morgan fingerprint density at radius 2 is 2.00 bits per heavy atom. The number of hydrogen-bond acceptors (Lipinski definition) is 2. The third kappa shape index (κ3) is 2.77. The van der Waals surface area contributed by atoms with Gasteiger partial charge in [-0.1, -0.05) is 13.8 Å². The molecule has 0 rings (SSSR count). The number of hydrogen-bond donors (Lipinski definition) is 1. The minimum absolute atomic E-state index is 0.198. The van der Waals surface area contributed by atoms with Gasteiger partial charge in [0.25, 0.3) is 0 Å². The van der Waals surface area contributed by atoms with Crippen LogP contribution in [0.4, 0.5) is 0 Å². The number of carbonyl (C=O) groups excluding carboxylic acids is 1. The molecule has 10 heavy (non-hydrogen) atoms. The van der Waals surface area contributed by atoms with Gasteiger partial charge in [-0.3, -0.25) is 4.79 Å². The lowest BCUT2D eigenvalue weighted by atomic mass is 10.1. The molecule has 0 bridgehead atoms. The van der Waals surface area contributed by atoms with Gasteiger partial charge in [-0.15, -0.1) is 0 Å². The molecule has 2 unspecified atom stereocenters. The molecule has 0 aromatic carbocycles. The number of rotatable bonds is 3. The molecule has 0 aliphatic rings. The summed E-state index contributed by atoms with van der Waals surface area (Å²) in [6, 6.07) is 0. The van der Waals surface area contributed by atoms with Crippen LogP contribution in [-0.4, -0.2) is 19.3 Å². The van der Waals surface area contributed by atoms with Gasteiger partial charge in [0.15, 0.2) is 11.1 Å². The van der Waals surface area contributed by atoms with Gasteiger partial charge < -0.3 is 4.55 Å². The molecular weight excluding hydrogens is 176 g/mol. The fourth-order valence-corrected chi connectivity index (χ4v) is 1.68. The Balaban J connectivity index is 4.27. The van der Waals surface area contributed by atoms with E-state index in [0.717, 1.165) is 0 Å². The van der Waals surface area contributed by atoms with Crippen molar-refractivity contribution < 1.29 is 13.6 Å². The van der Waals surface area contributed by atoms with E-state index in [0.29, 0.717) is 0 Å². The smallest absolute Gasteiger partial charge is 0.239 e. The molecule has 0 radical (unpaired) electrons. The molecule has 0 spiro atoms. The summed E-state index contributed by atoms with van der Waals surface area (Å²) in [5, 5.41) is -1.71. The fraction of sp³-hybridized carbons (Fsp3) is 0.800. The highest BCUT2D eigenvalue weighted by atomic mass is 35.5. The Bertz CT molecular complexity index is 143. The average molecular weight is 185 g/mol. The van der Waals surface area contributed by atoms with Crippen molar-refractivity contribution in [2.75, 3.05) is 0 Å². The Morgan fingerprint density at radius 3 is 2.00 bits per heavy atom. The van der Waals surface area contributed by atoms with Crippen molar-refractivity contribution in [2.45, 2.75) is 19.1 Å². The Morgan fingerprint density at radius 1 is 1.60 bits per heavy atom. The maximum atomic E-state index is 10.4. The van der Waals surface area contributed by atoms with Crippen molar-refractivity contribution >= 4 is 27.9 Å². The van der Waals surface area contributed by atoms with Crippen LogP contribution in [0.2, 0.25) is 0 Å². The molecule has 1 N–H and O–H groups in total. The predicted octanol–water partition coefficient (Wildman–Crippen LogP) is 0.998. The molecule has 2 atom stereocenters. The van der Waals surface area contributed by atoms with E-state index >= 15 is 0 Å². The van der Waals surface area contributed by atoms with Gasteiger partial charge in [0, 0.05) is 0 Å². The van der Waals surface area contributed by atoms with Gasteiger partial charge in [0.2, 0.25) is 5.24 Å². The summed E-state index contributed by atoms with van der Waals surface area (Å²) in [7, 11) is 0. The molecule has 0 amide bonds. The van der Waals surface area contributed by atoms with Crippen LogP contribution in [0.25, 0.3) is 0 Å². The van der Waals surface area contributed by atoms with Crippen LogP contribution in [0.5, 0.6) is 0 Å². The lowest BCUT2D eigenvalue weighted by Gasteiger charge is -2.10. The first-order valence-electron chi connectivity index (χ1n) is 2.75. The molecule has 0 saturated carbocycles. The van der Waals surface area contributed by atoms with E-state index in [1.165, 1.54) is 0 Å². The average Bonchev–Trinajstić information content (AvgIpc) is 1.59. The summed E-state index contributed by atoms with van der Waals surface area (Å²) in [6.07, 6.45) is 0. The van der Waals surface area contributed by atoms with Crippen LogP contribution < -0.4 is 0 Å². The van der Waals surface area contributed by atoms with Gasteiger partial charge in [-0.25, -0.2) is 4.21 Å². The molecule has 0 aromatic heterocycles. The molecule has 60 valence electrons. The summed E-state index contributed by atoms with van der Waals surface area (Å²) in [5.41, 5.74) is 0. The molecule has 0 heterocycles. The molecule has 0 fully saturated rings. The van der Waals surface area contributed by atoms with E-state index in [9.17, 15) is 9.00 Å². The first-order chi connectivity index (χ1) is 4.46. The van der Waals surface area contributed by atoms with Crippen LogP contribution in [-0.2, 0) is 15.9 Å². The van der Waals surface area contributed by atoms with E-state index < -0.39 is 21.6 Å². The molecule has 0 aliphatic heterocycles. The quantitative estimate of drug-likeness (QED) is 0.526. The summed E-state index contributed by atoms with van der Waals surface area (Å²) >= 11 is 2.90. The number of halogens is 1. The van der Waals surface area contributed by atoms with Crippen molar-refractivity contribution in [1.82, 2.24) is 0 Å². The van der Waals surface area contributed by atoms with Gasteiger partial charge in [-0.05, 0) is 17.5 Å². The maximum absolute atomic E-state index is 10.4. The highest BCUT2D eigenvalue weighted by molar-refractivity contribution is 7.81. The minimum Gasteiger partial charge on any atom is -0.305 e. The van der Waals surface area contributed by atoms with E-state index in [4.69, 9.17) is 16.2 Å². The first-order valence-corrected chi connectivity index (χ1v) is 4.30. The second-order valence-corrected chi connectivity index (χ2v) is 3.68. The zero-order valence-electron chi connectivity index (χ0n) is 5.70. The Labute approximate surface area is 67.0 Å². The van der Waals surface area contributed by atoms with Crippen LogP contribution in [0.3, 0.4) is 0 Å². The predicted molar refractivity (Wildman–Crippen MR) is 40.3 cm³/mol. The van der Waals surface area contributed by atoms with Crippen molar-refractivity contribution in [2.24, 2.45) is 5.92 Å². The third-order valence-electron chi connectivity index (χ3n) is 1.05. The standard InChI is InChI=1S/C5H9ClO3S/c1-3(2)4(5(6)7)10(8)9/h3-4H,1-2H3,(H,8,9). The summed E-state index contributed by atoms with van der Waals surface area (Å²) in [5.74, 6) is -0.198. The molecule has 3 nitrogen and oxygen atoms in total. The Hall–Kier alpha value is 0.0700. The van der Waals surface area contributed by atoms with Crippen LogP contribution in [0.1, 0.15) is 13.8 Å². The topological polar surface area (TPSA) is 54.4 Å². The summed E-state index contributed by atoms with van der Waals surface area (Å²) in [6.45, 7) is 3.33. The molecule has 0 aliphatic carbocycles. The first kappa shape index (κ1) is 10.1. The van der Waals surface area contributed by atoms with Crippen molar-refractivity contribution in [3.8, 4) is 0 Å². The molecule has 5 heteroatoms. The SMILES string of the molecule is CC(C)C(C(=O)Cl)S(=O)O. The zero-order valence-corrected chi connectivity index (χ0v) is 7.28. The third-order valence-corrected chi connectivity index (χ3v) is 2.60. The highest BCUT2D eigenvalue weighted by Gasteiger charge is 2.25. The van der Waals surface area contributed by atoms with Gasteiger partial charge in [0.05, 0.1) is 0 Å². The molecule has 0 aromatic rings.